The second-order valence-electron chi connectivity index (χ2n) is 4.58. The van der Waals surface area contributed by atoms with Crippen molar-refractivity contribution in [3.63, 3.8) is 0 Å². The lowest BCUT2D eigenvalue weighted by Gasteiger charge is -2.09. The molecule has 2 nitrogen and oxygen atoms in total. The quantitative estimate of drug-likeness (QED) is 0.765. The number of rotatable bonds is 2. The summed E-state index contributed by atoms with van der Waals surface area (Å²) in [6.07, 6.45) is 4.60. The fourth-order valence-corrected chi connectivity index (χ4v) is 2.35. The highest BCUT2D eigenvalue weighted by molar-refractivity contribution is 6.17. The maximum absolute atomic E-state index is 11.8. The van der Waals surface area contributed by atoms with Crippen molar-refractivity contribution in [3.8, 4) is 0 Å². The molecule has 0 aliphatic heterocycles. The van der Waals surface area contributed by atoms with Gasteiger partial charge in [-0.3, -0.25) is 9.59 Å². The summed E-state index contributed by atoms with van der Waals surface area (Å²) in [6, 6.07) is 14.1. The molecule has 0 heterocycles. The smallest absolute Gasteiger partial charge is 0.182 e. The Morgan fingerprint density at radius 2 is 1.63 bits per heavy atom. The van der Waals surface area contributed by atoms with Gasteiger partial charge in [0.1, 0.15) is 0 Å². The van der Waals surface area contributed by atoms with Crippen LogP contribution in [0.4, 0.5) is 0 Å². The van der Waals surface area contributed by atoms with Gasteiger partial charge in [-0.1, -0.05) is 42.5 Å². The number of ketones is 2. The van der Waals surface area contributed by atoms with Gasteiger partial charge in [-0.15, -0.1) is 0 Å². The highest BCUT2D eigenvalue weighted by Gasteiger charge is 2.14. The van der Waals surface area contributed by atoms with Crippen molar-refractivity contribution in [2.75, 3.05) is 0 Å². The van der Waals surface area contributed by atoms with Gasteiger partial charge in [-0.25, -0.2) is 0 Å². The zero-order chi connectivity index (χ0) is 13.2. The molecule has 2 aromatic rings. The normalized spacial score (nSPS) is 14.8. The first-order valence-corrected chi connectivity index (χ1v) is 6.17. The molecule has 0 radical (unpaired) electrons. The molecule has 2 heteroatoms. The van der Waals surface area contributed by atoms with E-state index in [0.29, 0.717) is 12.0 Å². The van der Waals surface area contributed by atoms with Crippen LogP contribution in [0.5, 0.6) is 0 Å². The fraction of sp³-hybridized carbons (Fsp3) is 0.0588. The van der Waals surface area contributed by atoms with E-state index in [1.165, 1.54) is 18.2 Å². The molecular weight excluding hydrogens is 236 g/mol. The third kappa shape index (κ3) is 2.25. The molecule has 92 valence electrons. The zero-order valence-corrected chi connectivity index (χ0v) is 10.3. The van der Waals surface area contributed by atoms with Gasteiger partial charge in [-0.05, 0) is 34.6 Å². The van der Waals surface area contributed by atoms with Crippen LogP contribution >= 0.6 is 0 Å². The van der Waals surface area contributed by atoms with Crippen LogP contribution in [-0.2, 0) is 16.0 Å². The third-order valence-corrected chi connectivity index (χ3v) is 3.29. The molecule has 0 fully saturated rings. The van der Waals surface area contributed by atoms with E-state index in [4.69, 9.17) is 0 Å². The average molecular weight is 248 g/mol. The highest BCUT2D eigenvalue weighted by atomic mass is 16.1. The molecule has 2 aromatic carbocycles. The highest BCUT2D eigenvalue weighted by Crippen LogP contribution is 2.22. The predicted octanol–water partition coefficient (Wildman–Crippen LogP) is 3.02. The molecule has 19 heavy (non-hydrogen) atoms. The Balaban J connectivity index is 2.02. The van der Waals surface area contributed by atoms with Crippen LogP contribution in [0.15, 0.2) is 66.3 Å². The lowest BCUT2D eigenvalue weighted by Crippen LogP contribution is -2.09. The van der Waals surface area contributed by atoms with Crippen LogP contribution in [0, 0.1) is 0 Å². The molecule has 0 unspecified atom stereocenters. The van der Waals surface area contributed by atoms with Gasteiger partial charge in [0.05, 0.1) is 0 Å². The van der Waals surface area contributed by atoms with Crippen LogP contribution in [0.25, 0.3) is 10.8 Å². The average Bonchev–Trinajstić information content (AvgIpc) is 2.43. The molecule has 0 bridgehead atoms. The number of fused-ring (bicyclic) bond motifs is 1. The third-order valence-electron chi connectivity index (χ3n) is 3.29. The fourth-order valence-electron chi connectivity index (χ4n) is 2.35. The van der Waals surface area contributed by atoms with Crippen LogP contribution in [0.1, 0.15) is 5.56 Å². The summed E-state index contributed by atoms with van der Waals surface area (Å²) in [5.74, 6) is -0.192. The van der Waals surface area contributed by atoms with Crippen molar-refractivity contribution < 1.29 is 9.59 Å². The first-order chi connectivity index (χ1) is 9.24. The van der Waals surface area contributed by atoms with Gasteiger partial charge in [0, 0.05) is 12.0 Å². The van der Waals surface area contributed by atoms with Gasteiger partial charge < -0.3 is 0 Å². The molecule has 3 rings (SSSR count). The summed E-state index contributed by atoms with van der Waals surface area (Å²) in [4.78, 5) is 23.1. The standard InChI is InChI=1S/C17H12O2/c18-15-8-9-17(19)14(11-15)10-13-6-3-5-12-4-1-2-7-16(12)13/h1-9,11H,10H2. The lowest BCUT2D eigenvalue weighted by atomic mass is 9.93. The second-order valence-corrected chi connectivity index (χ2v) is 4.58. The van der Waals surface area contributed by atoms with E-state index in [-0.39, 0.29) is 11.6 Å². The van der Waals surface area contributed by atoms with Gasteiger partial charge in [-0.2, -0.15) is 0 Å². The Bertz CT molecular complexity index is 731. The Morgan fingerprint density at radius 3 is 2.53 bits per heavy atom. The van der Waals surface area contributed by atoms with Gasteiger partial charge in [0.2, 0.25) is 0 Å². The molecule has 0 amide bonds. The monoisotopic (exact) mass is 248 g/mol. The molecule has 0 saturated carbocycles. The first-order valence-electron chi connectivity index (χ1n) is 6.17. The summed E-state index contributed by atoms with van der Waals surface area (Å²) in [5, 5.41) is 2.27. The number of allylic oxidation sites excluding steroid dienone is 4. The van der Waals surface area contributed by atoms with Gasteiger partial charge in [0.25, 0.3) is 0 Å². The van der Waals surface area contributed by atoms with Gasteiger partial charge in [0.15, 0.2) is 11.6 Å². The summed E-state index contributed by atoms with van der Waals surface area (Å²) < 4.78 is 0. The minimum absolute atomic E-state index is 0.0764. The maximum atomic E-state index is 11.8. The van der Waals surface area contributed by atoms with E-state index < -0.39 is 0 Å². The van der Waals surface area contributed by atoms with Crippen LogP contribution in [0.3, 0.4) is 0 Å². The molecule has 0 aromatic heterocycles. The Hall–Kier alpha value is -2.48. The number of carbonyl (C=O) groups is 2. The molecule has 0 atom stereocenters. The lowest BCUT2D eigenvalue weighted by molar-refractivity contribution is -0.114. The second kappa shape index (κ2) is 4.65. The van der Waals surface area contributed by atoms with Crippen molar-refractivity contribution in [2.24, 2.45) is 0 Å². The summed E-state index contributed by atoms with van der Waals surface area (Å²) in [6.45, 7) is 0. The van der Waals surface area contributed by atoms with Gasteiger partial charge >= 0.3 is 0 Å². The van der Waals surface area contributed by atoms with E-state index >= 15 is 0 Å². The molecule has 1 aliphatic carbocycles. The number of benzene rings is 2. The minimum atomic E-state index is -0.116. The van der Waals surface area contributed by atoms with E-state index in [0.717, 1.165) is 16.3 Å². The van der Waals surface area contributed by atoms with Crippen molar-refractivity contribution in [3.05, 3.63) is 71.8 Å². The number of carbonyl (C=O) groups excluding carboxylic acids is 2. The summed E-state index contributed by atoms with van der Waals surface area (Å²) in [5.41, 5.74) is 1.63. The summed E-state index contributed by atoms with van der Waals surface area (Å²) in [7, 11) is 0. The SMILES string of the molecule is O=C1C=CC(=O)C(Cc2cccc3ccccc23)=C1. The number of hydrogen-bond acceptors (Lipinski definition) is 2. The Kier molecular flexibility index (Phi) is 2.84. The van der Waals surface area contributed by atoms with Crippen LogP contribution < -0.4 is 0 Å². The van der Waals surface area contributed by atoms with E-state index in [1.54, 1.807) is 0 Å². The zero-order valence-electron chi connectivity index (χ0n) is 10.3. The topological polar surface area (TPSA) is 34.1 Å². The van der Waals surface area contributed by atoms with Crippen molar-refractivity contribution in [2.45, 2.75) is 6.42 Å². The molecule has 1 aliphatic rings. The largest absolute Gasteiger partial charge is 0.290 e. The van der Waals surface area contributed by atoms with Crippen molar-refractivity contribution in [1.82, 2.24) is 0 Å². The molecule has 0 N–H and O–H groups in total. The molecule has 0 saturated heterocycles. The van der Waals surface area contributed by atoms with Crippen molar-refractivity contribution >= 4 is 22.3 Å². The summed E-state index contributed by atoms with van der Waals surface area (Å²) >= 11 is 0. The molecular formula is C17H12O2. The number of hydrogen-bond donors (Lipinski definition) is 0. The minimum Gasteiger partial charge on any atom is -0.290 e. The van der Waals surface area contributed by atoms with E-state index in [2.05, 4.69) is 0 Å². The Morgan fingerprint density at radius 1 is 0.842 bits per heavy atom. The first kappa shape index (κ1) is 11.6. The van der Waals surface area contributed by atoms with E-state index in [9.17, 15) is 9.59 Å². The van der Waals surface area contributed by atoms with Crippen LogP contribution in [0.2, 0.25) is 0 Å². The maximum Gasteiger partial charge on any atom is 0.182 e. The molecule has 0 spiro atoms. The Labute approximate surface area is 111 Å². The van der Waals surface area contributed by atoms with Crippen LogP contribution in [-0.4, -0.2) is 11.6 Å². The predicted molar refractivity (Wildman–Crippen MR) is 74.9 cm³/mol. The van der Waals surface area contributed by atoms with Crippen molar-refractivity contribution in [1.29, 1.82) is 0 Å². The van der Waals surface area contributed by atoms with E-state index in [1.807, 2.05) is 42.5 Å².